The fourth-order valence-electron chi connectivity index (χ4n) is 3.70. The molecular formula is C29H36F6N4O6. The lowest BCUT2D eigenvalue weighted by molar-refractivity contribution is -0.265. The van der Waals surface area contributed by atoms with Crippen molar-refractivity contribution in [3.05, 3.63) is 64.6 Å². The molecule has 1 amide bonds. The number of nitrogens with zero attached hydrogens (tertiary/aromatic N) is 1. The van der Waals surface area contributed by atoms with Crippen LogP contribution in [0, 0.1) is 6.92 Å². The number of aryl methyl sites for hydroxylation is 1. The maximum Gasteiger partial charge on any atom is 0.430 e. The number of nitrogens with two attached hydrogens (primary N) is 2. The summed E-state index contributed by atoms with van der Waals surface area (Å²) in [6.07, 6.45) is -8.85. The highest BCUT2D eigenvalue weighted by molar-refractivity contribution is 5.95. The second-order valence-electron chi connectivity index (χ2n) is 10.7. The minimum atomic E-state index is -5.39. The Bertz CT molecular complexity index is 1420. The Morgan fingerprint density at radius 2 is 1.71 bits per heavy atom. The number of halogens is 6. The Labute approximate surface area is 255 Å². The lowest BCUT2D eigenvalue weighted by Gasteiger charge is -2.31. The van der Waals surface area contributed by atoms with Crippen LogP contribution in [0.25, 0.3) is 5.57 Å². The minimum absolute atomic E-state index is 0.0389. The number of hydrogen-bond donors (Lipinski definition) is 5. The Kier molecular flexibility index (Phi) is 11.9. The van der Waals surface area contributed by atoms with E-state index in [9.17, 15) is 36.2 Å². The largest absolute Gasteiger partial charge is 0.493 e. The van der Waals surface area contributed by atoms with E-state index in [1.54, 1.807) is 13.8 Å². The van der Waals surface area contributed by atoms with Crippen molar-refractivity contribution in [3.8, 4) is 17.2 Å². The number of ether oxygens (including phenoxy) is 3. The van der Waals surface area contributed by atoms with Crippen LogP contribution in [-0.4, -0.2) is 72.5 Å². The van der Waals surface area contributed by atoms with Crippen LogP contribution in [0.4, 0.5) is 26.3 Å². The maximum absolute atomic E-state index is 14.5. The quantitative estimate of drug-likeness (QED) is 0.160. The number of pyridine rings is 1. The predicted molar refractivity (Wildman–Crippen MR) is 153 cm³/mol. The highest BCUT2D eigenvalue weighted by Gasteiger charge is 2.56. The molecule has 1 unspecified atom stereocenters. The molecular weight excluding hydrogens is 614 g/mol. The summed E-state index contributed by atoms with van der Waals surface area (Å²) < 4.78 is 98.4. The standard InChI is InChI=1S/C29H36F6N4O6/c1-16(6-9-21(36)28(30,31)32)23-24(45-15-26(3,4)37)17(2)12-22(39-23)27(42,29(33,34)35)14-38-25(41)18-7-8-19(44-11-10-40)20(13-18)43-5/h6-9,12-13,40,42H,10-11,14-15,36-37H2,1-5H3,(H,38,41)/b16-6+,21-9-. The Morgan fingerprint density at radius 1 is 1.07 bits per heavy atom. The number of rotatable bonds is 13. The molecule has 1 heterocycles. The van der Waals surface area contributed by atoms with Crippen LogP contribution >= 0.6 is 0 Å². The minimum Gasteiger partial charge on any atom is -0.493 e. The van der Waals surface area contributed by atoms with Gasteiger partial charge in [-0.3, -0.25) is 4.79 Å². The second kappa shape index (κ2) is 14.4. The first-order chi connectivity index (χ1) is 20.6. The summed E-state index contributed by atoms with van der Waals surface area (Å²) in [6, 6.07) is 4.63. The van der Waals surface area contributed by atoms with Crippen LogP contribution in [0.1, 0.15) is 48.1 Å². The van der Waals surface area contributed by atoms with Crippen molar-refractivity contribution < 1.29 is 55.6 Å². The van der Waals surface area contributed by atoms with E-state index in [-0.39, 0.29) is 59.5 Å². The molecule has 0 radical (unpaired) electrons. The Morgan fingerprint density at radius 3 is 2.24 bits per heavy atom. The SMILES string of the molecule is COc1cc(C(=O)NCC(O)(c2cc(C)c(OCC(C)(C)N)c(/C(C)=C/C=C(\N)C(F)(F)F)n2)C(F)(F)F)ccc1OCCO. The van der Waals surface area contributed by atoms with Gasteiger partial charge in [0.25, 0.3) is 5.91 Å². The zero-order valence-corrected chi connectivity index (χ0v) is 25.2. The number of carbonyl (C=O) groups excluding carboxylic acids is 1. The summed E-state index contributed by atoms with van der Waals surface area (Å²) >= 11 is 0. The number of hydrogen-bond acceptors (Lipinski definition) is 9. The molecule has 16 heteroatoms. The summed E-state index contributed by atoms with van der Waals surface area (Å²) in [5.74, 6) is -0.884. The number of aliphatic hydroxyl groups is 2. The molecule has 2 aromatic rings. The number of allylic oxidation sites excluding steroid dienone is 4. The molecule has 250 valence electrons. The number of carbonyl (C=O) groups is 1. The smallest absolute Gasteiger partial charge is 0.430 e. The van der Waals surface area contributed by atoms with Gasteiger partial charge >= 0.3 is 12.4 Å². The number of aliphatic hydroxyl groups excluding tert-OH is 1. The van der Waals surface area contributed by atoms with Gasteiger partial charge in [0.2, 0.25) is 5.60 Å². The summed E-state index contributed by atoms with van der Waals surface area (Å²) in [5.41, 5.74) is 3.39. The third-order valence-electron chi connectivity index (χ3n) is 6.13. The number of nitrogens with one attached hydrogen (secondary N) is 1. The molecule has 0 saturated heterocycles. The van der Waals surface area contributed by atoms with E-state index < -0.39 is 47.3 Å². The summed E-state index contributed by atoms with van der Waals surface area (Å²) in [7, 11) is 1.27. The predicted octanol–water partition coefficient (Wildman–Crippen LogP) is 3.87. The molecule has 0 aliphatic carbocycles. The van der Waals surface area contributed by atoms with Crippen molar-refractivity contribution in [1.82, 2.24) is 10.3 Å². The zero-order valence-electron chi connectivity index (χ0n) is 25.2. The average Bonchev–Trinajstić information content (AvgIpc) is 2.94. The maximum atomic E-state index is 14.5. The molecule has 7 N–H and O–H groups in total. The normalized spacial score (nSPS) is 14.5. The van der Waals surface area contributed by atoms with E-state index in [1.165, 1.54) is 39.2 Å². The van der Waals surface area contributed by atoms with E-state index in [2.05, 4.69) is 4.98 Å². The topological polar surface area (TPSA) is 162 Å². The van der Waals surface area contributed by atoms with Gasteiger partial charge in [0.15, 0.2) is 11.5 Å². The van der Waals surface area contributed by atoms with Crippen LogP contribution in [0.3, 0.4) is 0 Å². The van der Waals surface area contributed by atoms with Crippen molar-refractivity contribution in [3.63, 3.8) is 0 Å². The molecule has 0 saturated carbocycles. The fraction of sp³-hybridized carbons (Fsp3) is 0.448. The number of methoxy groups -OCH3 is 1. The van der Waals surface area contributed by atoms with Crippen LogP contribution in [0.15, 0.2) is 42.1 Å². The summed E-state index contributed by atoms with van der Waals surface area (Å²) in [6.45, 7) is 3.90. The van der Waals surface area contributed by atoms with Gasteiger partial charge in [-0.05, 0) is 69.2 Å². The molecule has 1 atom stereocenters. The lowest BCUT2D eigenvalue weighted by Crippen LogP contribution is -2.51. The first-order valence-electron chi connectivity index (χ1n) is 13.3. The van der Waals surface area contributed by atoms with Gasteiger partial charge in [0, 0.05) is 11.1 Å². The fourth-order valence-corrected chi connectivity index (χ4v) is 3.70. The number of amides is 1. The van der Waals surface area contributed by atoms with E-state index in [0.717, 1.165) is 12.1 Å². The highest BCUT2D eigenvalue weighted by atomic mass is 19.4. The molecule has 10 nitrogen and oxygen atoms in total. The summed E-state index contributed by atoms with van der Waals surface area (Å²) in [5, 5.41) is 22.0. The van der Waals surface area contributed by atoms with Crippen molar-refractivity contribution >= 4 is 11.5 Å². The highest BCUT2D eigenvalue weighted by Crippen LogP contribution is 2.41. The van der Waals surface area contributed by atoms with Gasteiger partial charge < -0.3 is 41.2 Å². The van der Waals surface area contributed by atoms with Gasteiger partial charge in [-0.2, -0.15) is 26.3 Å². The molecule has 1 aromatic heterocycles. The van der Waals surface area contributed by atoms with Gasteiger partial charge in [-0.25, -0.2) is 4.98 Å². The Balaban J connectivity index is 2.59. The third kappa shape index (κ3) is 9.73. The second-order valence-corrected chi connectivity index (χ2v) is 10.7. The van der Waals surface area contributed by atoms with E-state index in [0.29, 0.717) is 6.08 Å². The van der Waals surface area contributed by atoms with Crippen molar-refractivity contribution in [2.45, 2.75) is 51.2 Å². The van der Waals surface area contributed by atoms with Gasteiger partial charge in [0.05, 0.1) is 26.0 Å². The van der Waals surface area contributed by atoms with Crippen LogP contribution < -0.4 is 31.0 Å². The molecule has 0 fully saturated rings. The van der Waals surface area contributed by atoms with E-state index in [1.807, 2.05) is 5.32 Å². The molecule has 2 rings (SSSR count). The van der Waals surface area contributed by atoms with E-state index >= 15 is 0 Å². The van der Waals surface area contributed by atoms with Gasteiger partial charge in [0.1, 0.15) is 30.4 Å². The average molecular weight is 651 g/mol. The van der Waals surface area contributed by atoms with Crippen molar-refractivity contribution in [2.75, 3.05) is 33.5 Å². The first kappa shape index (κ1) is 37.2. The number of benzene rings is 1. The molecule has 0 spiro atoms. The number of alkyl halides is 6. The Hall–Kier alpha value is -4.02. The summed E-state index contributed by atoms with van der Waals surface area (Å²) in [4.78, 5) is 16.8. The monoisotopic (exact) mass is 650 g/mol. The van der Waals surface area contributed by atoms with Crippen LogP contribution in [0.5, 0.6) is 17.2 Å². The van der Waals surface area contributed by atoms with E-state index in [4.69, 9.17) is 30.8 Å². The van der Waals surface area contributed by atoms with Crippen LogP contribution in [-0.2, 0) is 5.60 Å². The molecule has 1 aromatic carbocycles. The van der Waals surface area contributed by atoms with Gasteiger partial charge in [-0.15, -0.1) is 0 Å². The molecule has 0 aliphatic heterocycles. The lowest BCUT2D eigenvalue weighted by atomic mass is 9.95. The molecule has 45 heavy (non-hydrogen) atoms. The molecule has 0 bridgehead atoms. The van der Waals surface area contributed by atoms with Crippen molar-refractivity contribution in [1.29, 1.82) is 0 Å². The van der Waals surface area contributed by atoms with Gasteiger partial charge in [-0.1, -0.05) is 6.08 Å². The zero-order chi connectivity index (χ0) is 34.4. The molecule has 0 aliphatic rings. The number of aromatic nitrogens is 1. The third-order valence-corrected chi connectivity index (χ3v) is 6.13. The van der Waals surface area contributed by atoms with Crippen LogP contribution in [0.2, 0.25) is 0 Å². The van der Waals surface area contributed by atoms with Crippen molar-refractivity contribution in [2.24, 2.45) is 11.5 Å². The first-order valence-corrected chi connectivity index (χ1v) is 13.3.